The van der Waals surface area contributed by atoms with Crippen LogP contribution in [0.1, 0.15) is 23.3 Å². The third-order valence-electron chi connectivity index (χ3n) is 5.39. The number of rotatable bonds is 4. The van der Waals surface area contributed by atoms with Crippen molar-refractivity contribution in [2.45, 2.75) is 23.1 Å². The molecule has 2 amide bonds. The maximum Gasteiger partial charge on any atom is 0.305 e. The Balaban J connectivity index is 1.58. The molecule has 1 saturated heterocycles. The number of H-pyrrole nitrogens is 1. The summed E-state index contributed by atoms with van der Waals surface area (Å²) in [5, 5.41) is 0.113. The molecule has 0 bridgehead atoms. The third-order valence-corrected chi connectivity index (χ3v) is 7.79. The summed E-state index contributed by atoms with van der Waals surface area (Å²) < 4.78 is 5.46. The van der Waals surface area contributed by atoms with Crippen LogP contribution in [0.5, 0.6) is 5.75 Å². The second kappa shape index (κ2) is 7.45. The first kappa shape index (κ1) is 19.1. The van der Waals surface area contributed by atoms with Crippen molar-refractivity contribution in [1.29, 1.82) is 0 Å². The largest absolute Gasteiger partial charge is 0.494 e. The fraction of sp³-hybridized carbons (Fsp3) is 0.227. The van der Waals surface area contributed by atoms with Gasteiger partial charge in [0.2, 0.25) is 11.8 Å². The van der Waals surface area contributed by atoms with Crippen LogP contribution in [0.15, 0.2) is 64.4 Å². The Bertz CT molecular complexity index is 1170. The zero-order chi connectivity index (χ0) is 20.8. The van der Waals surface area contributed by atoms with Gasteiger partial charge in [-0.05, 0) is 36.8 Å². The highest BCUT2D eigenvalue weighted by Gasteiger charge is 2.56. The topological polar surface area (TPSA) is 79.5 Å². The summed E-state index contributed by atoms with van der Waals surface area (Å²) in [6.07, 6.45) is 0. The quantitative estimate of drug-likeness (QED) is 0.630. The number of carbonyl (C=O) groups is 2. The lowest BCUT2D eigenvalue weighted by molar-refractivity contribution is -0.122. The smallest absolute Gasteiger partial charge is 0.305 e. The molecule has 152 valence electrons. The number of hydrogen-bond donors (Lipinski definition) is 1. The molecule has 0 radical (unpaired) electrons. The number of anilines is 1. The number of carbonyl (C=O) groups excluding carboxylic acids is 2. The van der Waals surface area contributed by atoms with E-state index in [0.717, 1.165) is 21.8 Å². The average Bonchev–Trinajstić information content (AvgIpc) is 3.24. The van der Waals surface area contributed by atoms with Gasteiger partial charge in [0.1, 0.15) is 11.0 Å². The van der Waals surface area contributed by atoms with Crippen LogP contribution in [-0.4, -0.2) is 28.7 Å². The molecular formula is C22H18N2O4S2. The zero-order valence-electron chi connectivity index (χ0n) is 16.0. The molecule has 30 heavy (non-hydrogen) atoms. The Morgan fingerprint density at radius 3 is 2.43 bits per heavy atom. The van der Waals surface area contributed by atoms with E-state index in [9.17, 15) is 14.4 Å². The van der Waals surface area contributed by atoms with Gasteiger partial charge in [0.05, 0.1) is 23.2 Å². The molecule has 6 nitrogen and oxygen atoms in total. The number of nitrogens with one attached hydrogen (secondary N) is 1. The predicted octanol–water partition coefficient (Wildman–Crippen LogP) is 3.63. The monoisotopic (exact) mass is 438 g/mol. The number of fused-ring (bicyclic) bond motifs is 2. The lowest BCUT2D eigenvalue weighted by atomic mass is 9.83. The van der Waals surface area contributed by atoms with Crippen molar-refractivity contribution in [3.05, 3.63) is 74.7 Å². The van der Waals surface area contributed by atoms with Crippen LogP contribution in [0.25, 0.3) is 0 Å². The number of imide groups is 1. The second-order valence-electron chi connectivity index (χ2n) is 7.10. The highest BCUT2D eigenvalue weighted by Crippen LogP contribution is 2.53. The Morgan fingerprint density at radius 1 is 1.00 bits per heavy atom. The van der Waals surface area contributed by atoms with Gasteiger partial charge in [-0.15, -0.1) is 0 Å². The SMILES string of the molecule is CCOc1ccc(N2C(=O)[C@H]3[C@@H](c4ccccc4)c4sc(=O)[nH]c4S[C@@H]3C2=O)cc1. The van der Waals surface area contributed by atoms with E-state index in [1.54, 1.807) is 24.3 Å². The van der Waals surface area contributed by atoms with Crippen molar-refractivity contribution in [3.8, 4) is 5.75 Å². The Kier molecular flexibility index (Phi) is 4.75. The van der Waals surface area contributed by atoms with Crippen LogP contribution in [0.4, 0.5) is 5.69 Å². The van der Waals surface area contributed by atoms with E-state index in [0.29, 0.717) is 23.1 Å². The van der Waals surface area contributed by atoms with Crippen molar-refractivity contribution in [1.82, 2.24) is 4.98 Å². The molecule has 1 fully saturated rings. The van der Waals surface area contributed by atoms with Crippen molar-refractivity contribution >= 4 is 40.6 Å². The van der Waals surface area contributed by atoms with Gasteiger partial charge in [-0.1, -0.05) is 53.4 Å². The first-order valence-corrected chi connectivity index (χ1v) is 11.3. The van der Waals surface area contributed by atoms with E-state index < -0.39 is 11.2 Å². The van der Waals surface area contributed by atoms with Gasteiger partial charge in [-0.2, -0.15) is 0 Å². The van der Waals surface area contributed by atoms with Gasteiger partial charge in [0.15, 0.2) is 0 Å². The van der Waals surface area contributed by atoms with E-state index in [2.05, 4.69) is 4.98 Å². The Labute approximate surface area is 180 Å². The lowest BCUT2D eigenvalue weighted by Gasteiger charge is -2.29. The number of aromatic amines is 1. The molecule has 3 atom stereocenters. The highest BCUT2D eigenvalue weighted by atomic mass is 32.2. The fourth-order valence-electron chi connectivity index (χ4n) is 4.15. The molecule has 8 heteroatoms. The normalized spacial score (nSPS) is 22.7. The maximum absolute atomic E-state index is 13.5. The molecule has 0 saturated carbocycles. The molecule has 0 aliphatic carbocycles. The van der Waals surface area contributed by atoms with Crippen molar-refractivity contribution in [3.63, 3.8) is 0 Å². The molecule has 5 rings (SSSR count). The van der Waals surface area contributed by atoms with E-state index >= 15 is 0 Å². The number of nitrogens with zero attached hydrogens (tertiary/aromatic N) is 1. The third kappa shape index (κ3) is 2.98. The molecule has 2 aromatic carbocycles. The predicted molar refractivity (Wildman–Crippen MR) is 116 cm³/mol. The van der Waals surface area contributed by atoms with Gasteiger partial charge >= 0.3 is 4.87 Å². The minimum atomic E-state index is -0.577. The molecule has 2 aliphatic heterocycles. The summed E-state index contributed by atoms with van der Waals surface area (Å²) in [5.74, 6) is -0.690. The fourth-order valence-corrected chi connectivity index (χ4v) is 6.66. The summed E-state index contributed by atoms with van der Waals surface area (Å²) in [6.45, 7) is 2.44. The zero-order valence-corrected chi connectivity index (χ0v) is 17.7. The van der Waals surface area contributed by atoms with Crippen molar-refractivity contribution in [2.75, 3.05) is 11.5 Å². The van der Waals surface area contributed by atoms with E-state index in [-0.39, 0.29) is 22.6 Å². The molecule has 1 aromatic heterocycles. The lowest BCUT2D eigenvalue weighted by Crippen LogP contribution is -2.32. The van der Waals surface area contributed by atoms with Crippen molar-refractivity contribution < 1.29 is 14.3 Å². The maximum atomic E-state index is 13.5. The molecule has 0 unspecified atom stereocenters. The van der Waals surface area contributed by atoms with Crippen LogP contribution < -0.4 is 14.5 Å². The van der Waals surface area contributed by atoms with Crippen LogP contribution in [-0.2, 0) is 9.59 Å². The van der Waals surface area contributed by atoms with Crippen LogP contribution in [0.2, 0.25) is 0 Å². The number of benzene rings is 2. The summed E-state index contributed by atoms with van der Waals surface area (Å²) in [6, 6.07) is 16.6. The highest BCUT2D eigenvalue weighted by molar-refractivity contribution is 8.00. The average molecular weight is 439 g/mol. The standard InChI is InChI=1S/C22H18N2O4S2/c1-2-28-14-10-8-13(9-11-14)24-20(25)16-15(12-6-4-3-5-7-12)17-19(23-22(27)30-17)29-18(16)21(24)26/h3-11,15-16,18H,2H2,1H3,(H,23,27)/t15-,16+,18+/m1/s1. The number of ether oxygens (including phenoxy) is 1. The van der Waals surface area contributed by atoms with Gasteiger partial charge in [-0.25, -0.2) is 4.90 Å². The molecule has 0 spiro atoms. The summed E-state index contributed by atoms with van der Waals surface area (Å²) in [7, 11) is 0. The Hall–Kier alpha value is -2.84. The second-order valence-corrected chi connectivity index (χ2v) is 9.27. The molecule has 1 N–H and O–H groups in total. The molecule has 3 aromatic rings. The van der Waals surface area contributed by atoms with Crippen LogP contribution >= 0.6 is 23.1 Å². The van der Waals surface area contributed by atoms with Gasteiger partial charge in [0.25, 0.3) is 0 Å². The van der Waals surface area contributed by atoms with E-state index in [4.69, 9.17) is 4.74 Å². The number of hydrogen-bond acceptors (Lipinski definition) is 6. The van der Waals surface area contributed by atoms with E-state index in [1.807, 2.05) is 37.3 Å². The Morgan fingerprint density at radius 2 is 1.73 bits per heavy atom. The van der Waals surface area contributed by atoms with Gasteiger partial charge < -0.3 is 9.72 Å². The van der Waals surface area contributed by atoms with Crippen LogP contribution in [0.3, 0.4) is 0 Å². The van der Waals surface area contributed by atoms with Gasteiger partial charge in [0, 0.05) is 10.8 Å². The minimum absolute atomic E-state index is 0.170. The van der Waals surface area contributed by atoms with Crippen molar-refractivity contribution in [2.24, 2.45) is 5.92 Å². The first-order valence-electron chi connectivity index (χ1n) is 9.63. The summed E-state index contributed by atoms with van der Waals surface area (Å²) in [4.78, 5) is 43.7. The molecule has 2 aliphatic rings. The number of thioether (sulfide) groups is 1. The summed E-state index contributed by atoms with van der Waals surface area (Å²) >= 11 is 2.41. The first-order chi connectivity index (χ1) is 14.6. The minimum Gasteiger partial charge on any atom is -0.494 e. The summed E-state index contributed by atoms with van der Waals surface area (Å²) in [5.41, 5.74) is 1.46. The van der Waals surface area contributed by atoms with Crippen LogP contribution in [0, 0.1) is 5.92 Å². The molecular weight excluding hydrogens is 420 g/mol. The number of amides is 2. The van der Waals surface area contributed by atoms with Gasteiger partial charge in [-0.3, -0.25) is 14.4 Å². The molecule has 3 heterocycles. The van der Waals surface area contributed by atoms with E-state index in [1.165, 1.54) is 16.7 Å². The number of aromatic nitrogens is 1. The number of thiazole rings is 1.